The molecule has 1 aromatic carbocycles. The van der Waals surface area contributed by atoms with Crippen molar-refractivity contribution in [3.63, 3.8) is 0 Å². The Bertz CT molecular complexity index is 1260. The number of hydrogen-bond donors (Lipinski definition) is 1. The van der Waals surface area contributed by atoms with Crippen LogP contribution in [-0.2, 0) is 16.1 Å². The molecule has 4 heterocycles. The number of hydrogen-bond acceptors (Lipinski definition) is 8. The van der Waals surface area contributed by atoms with Crippen molar-refractivity contribution in [3.8, 4) is 0 Å². The summed E-state index contributed by atoms with van der Waals surface area (Å²) in [6.07, 6.45) is 1.42. The maximum absolute atomic E-state index is 12.5. The maximum Gasteiger partial charge on any atom is 0.262 e. The number of carbonyl (C=O) groups is 1. The molecule has 0 bridgehead atoms. The van der Waals surface area contributed by atoms with Crippen molar-refractivity contribution in [2.45, 2.75) is 6.54 Å². The minimum absolute atomic E-state index is 0.0859. The van der Waals surface area contributed by atoms with Crippen LogP contribution < -0.4 is 15.8 Å². The van der Waals surface area contributed by atoms with Gasteiger partial charge in [-0.2, -0.15) is 0 Å². The number of aromatic nitrogens is 3. The van der Waals surface area contributed by atoms with Crippen molar-refractivity contribution < 1.29 is 9.53 Å². The van der Waals surface area contributed by atoms with Gasteiger partial charge in [0.15, 0.2) is 5.13 Å². The molecule has 5 rings (SSSR count). The summed E-state index contributed by atoms with van der Waals surface area (Å²) in [6.45, 7) is 3.00. The number of anilines is 2. The van der Waals surface area contributed by atoms with Crippen LogP contribution in [0, 0.1) is 0 Å². The van der Waals surface area contributed by atoms with Gasteiger partial charge in [-0.05, 0) is 29.6 Å². The molecule has 0 aliphatic carbocycles. The molecule has 0 saturated carbocycles. The Kier molecular flexibility index (Phi) is 4.74. The number of thiazole rings is 1. The topological polar surface area (TPSA) is 89.3 Å². The van der Waals surface area contributed by atoms with Gasteiger partial charge in [-0.25, -0.2) is 9.97 Å². The van der Waals surface area contributed by atoms with Gasteiger partial charge in [-0.15, -0.1) is 11.3 Å². The Morgan fingerprint density at radius 1 is 1.24 bits per heavy atom. The van der Waals surface area contributed by atoms with E-state index < -0.39 is 0 Å². The SMILES string of the molecule is O=C(Cn1cnc2sccc2c1=O)Nc1ccc2nc(N3CCOCC3)sc2c1. The zero-order valence-electron chi connectivity index (χ0n) is 15.3. The van der Waals surface area contributed by atoms with Gasteiger partial charge in [0.25, 0.3) is 5.56 Å². The summed E-state index contributed by atoms with van der Waals surface area (Å²) < 4.78 is 7.72. The fourth-order valence-electron chi connectivity index (χ4n) is 3.24. The van der Waals surface area contributed by atoms with Gasteiger partial charge in [0.2, 0.25) is 5.91 Å². The minimum Gasteiger partial charge on any atom is -0.378 e. The highest BCUT2D eigenvalue weighted by atomic mass is 32.1. The van der Waals surface area contributed by atoms with E-state index in [1.807, 2.05) is 23.6 Å². The number of morpholine rings is 1. The van der Waals surface area contributed by atoms with E-state index in [9.17, 15) is 9.59 Å². The Labute approximate surface area is 173 Å². The Hall–Kier alpha value is -2.82. The Balaban J connectivity index is 1.33. The van der Waals surface area contributed by atoms with Crippen LogP contribution in [0.25, 0.3) is 20.4 Å². The van der Waals surface area contributed by atoms with Crippen LogP contribution in [0.5, 0.6) is 0 Å². The van der Waals surface area contributed by atoms with Crippen LogP contribution in [0.3, 0.4) is 0 Å². The van der Waals surface area contributed by atoms with Crippen molar-refractivity contribution in [2.75, 3.05) is 36.5 Å². The molecule has 1 amide bonds. The standard InChI is InChI=1S/C19H17N5O3S2/c25-16(10-24-11-20-17-13(18(24)26)3-8-28-17)21-12-1-2-14-15(9-12)29-19(22-14)23-4-6-27-7-5-23/h1-3,8-9,11H,4-7,10H2,(H,21,25). The van der Waals surface area contributed by atoms with Gasteiger partial charge in [-0.1, -0.05) is 11.3 Å². The quantitative estimate of drug-likeness (QED) is 0.538. The first-order chi connectivity index (χ1) is 14.2. The highest BCUT2D eigenvalue weighted by molar-refractivity contribution is 7.22. The molecule has 29 heavy (non-hydrogen) atoms. The van der Waals surface area contributed by atoms with Crippen LogP contribution in [0.1, 0.15) is 0 Å². The number of ether oxygens (including phenoxy) is 1. The molecule has 8 nitrogen and oxygen atoms in total. The number of carbonyl (C=O) groups excluding carboxylic acids is 1. The monoisotopic (exact) mass is 427 g/mol. The third-order valence-corrected chi connectivity index (χ3v) is 6.61. The molecule has 1 fully saturated rings. The first-order valence-electron chi connectivity index (χ1n) is 9.13. The third-order valence-electron chi connectivity index (χ3n) is 4.71. The molecular formula is C19H17N5O3S2. The number of nitrogens with one attached hydrogen (secondary N) is 1. The van der Waals surface area contributed by atoms with Crippen LogP contribution in [0.15, 0.2) is 40.8 Å². The fraction of sp³-hybridized carbons (Fsp3) is 0.263. The second-order valence-corrected chi connectivity index (χ2v) is 8.55. The summed E-state index contributed by atoms with van der Waals surface area (Å²) in [6, 6.07) is 7.37. The van der Waals surface area contributed by atoms with E-state index in [1.165, 1.54) is 22.2 Å². The van der Waals surface area contributed by atoms with Crippen LogP contribution >= 0.6 is 22.7 Å². The van der Waals surface area contributed by atoms with E-state index in [-0.39, 0.29) is 18.0 Å². The van der Waals surface area contributed by atoms with Gasteiger partial charge >= 0.3 is 0 Å². The fourth-order valence-corrected chi connectivity index (χ4v) is 5.02. The summed E-state index contributed by atoms with van der Waals surface area (Å²) in [5.74, 6) is -0.277. The van der Waals surface area contributed by atoms with Gasteiger partial charge in [-0.3, -0.25) is 14.2 Å². The average molecular weight is 428 g/mol. The van der Waals surface area contributed by atoms with E-state index in [4.69, 9.17) is 4.74 Å². The van der Waals surface area contributed by atoms with Crippen molar-refractivity contribution >= 4 is 59.8 Å². The molecule has 0 atom stereocenters. The predicted molar refractivity (Wildman–Crippen MR) is 115 cm³/mol. The summed E-state index contributed by atoms with van der Waals surface area (Å²) >= 11 is 3.00. The first-order valence-corrected chi connectivity index (χ1v) is 10.8. The summed E-state index contributed by atoms with van der Waals surface area (Å²) in [7, 11) is 0. The molecule has 0 spiro atoms. The first kappa shape index (κ1) is 18.2. The summed E-state index contributed by atoms with van der Waals surface area (Å²) in [4.78, 5) is 36.7. The minimum atomic E-state index is -0.277. The highest BCUT2D eigenvalue weighted by Crippen LogP contribution is 2.31. The lowest BCUT2D eigenvalue weighted by Gasteiger charge is -2.25. The third kappa shape index (κ3) is 3.61. The molecule has 0 radical (unpaired) electrons. The molecule has 4 aromatic rings. The lowest BCUT2D eigenvalue weighted by atomic mass is 10.3. The number of thiophene rings is 1. The zero-order valence-corrected chi connectivity index (χ0v) is 17.0. The van der Waals surface area contributed by atoms with Crippen LogP contribution in [-0.4, -0.2) is 46.7 Å². The number of amides is 1. The van der Waals surface area contributed by atoms with E-state index in [0.717, 1.165) is 28.4 Å². The lowest BCUT2D eigenvalue weighted by molar-refractivity contribution is -0.116. The van der Waals surface area contributed by atoms with E-state index in [0.29, 0.717) is 29.1 Å². The smallest absolute Gasteiger partial charge is 0.262 e. The maximum atomic E-state index is 12.5. The summed E-state index contributed by atoms with van der Waals surface area (Å²) in [5.41, 5.74) is 1.37. The average Bonchev–Trinajstić information content (AvgIpc) is 3.38. The molecular weight excluding hydrogens is 410 g/mol. The number of rotatable bonds is 4. The molecule has 0 unspecified atom stereocenters. The normalized spacial score (nSPS) is 14.6. The van der Waals surface area contributed by atoms with Gasteiger partial charge in [0.1, 0.15) is 11.4 Å². The van der Waals surface area contributed by atoms with Crippen molar-refractivity contribution in [1.82, 2.24) is 14.5 Å². The molecule has 1 saturated heterocycles. The van der Waals surface area contributed by atoms with Gasteiger partial charge in [0.05, 0.1) is 35.1 Å². The Morgan fingerprint density at radius 3 is 2.97 bits per heavy atom. The molecule has 1 aliphatic heterocycles. The second-order valence-electron chi connectivity index (χ2n) is 6.64. The molecule has 3 aromatic heterocycles. The van der Waals surface area contributed by atoms with E-state index in [2.05, 4.69) is 20.2 Å². The molecule has 10 heteroatoms. The lowest BCUT2D eigenvalue weighted by Crippen LogP contribution is -2.36. The highest BCUT2D eigenvalue weighted by Gasteiger charge is 2.16. The molecule has 148 valence electrons. The van der Waals surface area contributed by atoms with Crippen molar-refractivity contribution in [3.05, 3.63) is 46.3 Å². The summed E-state index contributed by atoms with van der Waals surface area (Å²) in [5, 5.41) is 6.18. The van der Waals surface area contributed by atoms with E-state index in [1.54, 1.807) is 17.4 Å². The van der Waals surface area contributed by atoms with Crippen LogP contribution in [0.4, 0.5) is 10.8 Å². The van der Waals surface area contributed by atoms with Gasteiger partial charge in [0, 0.05) is 18.8 Å². The van der Waals surface area contributed by atoms with Gasteiger partial charge < -0.3 is 15.0 Å². The predicted octanol–water partition coefficient (Wildman–Crippen LogP) is 2.54. The number of nitrogens with zero attached hydrogens (tertiary/aromatic N) is 4. The number of benzene rings is 1. The molecule has 1 aliphatic rings. The van der Waals surface area contributed by atoms with Crippen molar-refractivity contribution in [2.24, 2.45) is 0 Å². The number of fused-ring (bicyclic) bond motifs is 2. The van der Waals surface area contributed by atoms with Crippen molar-refractivity contribution in [1.29, 1.82) is 0 Å². The second kappa shape index (κ2) is 7.54. The largest absolute Gasteiger partial charge is 0.378 e. The van der Waals surface area contributed by atoms with Crippen LogP contribution in [0.2, 0.25) is 0 Å². The van der Waals surface area contributed by atoms with E-state index >= 15 is 0 Å². The Morgan fingerprint density at radius 2 is 2.10 bits per heavy atom. The molecule has 1 N–H and O–H groups in total. The zero-order chi connectivity index (χ0) is 19.8.